The lowest BCUT2D eigenvalue weighted by Gasteiger charge is -2.18. The zero-order valence-electron chi connectivity index (χ0n) is 52.2. The largest absolute Gasteiger partial charge is 0.462 e. The van der Waals surface area contributed by atoms with E-state index in [-0.39, 0.29) is 31.1 Å². The summed E-state index contributed by atoms with van der Waals surface area (Å²) < 4.78 is 17.0. The summed E-state index contributed by atoms with van der Waals surface area (Å²) in [6, 6.07) is 0. The third-order valence-electron chi connectivity index (χ3n) is 15.3. The summed E-state index contributed by atoms with van der Waals surface area (Å²) in [7, 11) is 0. The van der Waals surface area contributed by atoms with Crippen LogP contribution in [0.25, 0.3) is 0 Å². The number of hydrogen-bond donors (Lipinski definition) is 0. The Morgan fingerprint density at radius 2 is 0.500 bits per heavy atom. The zero-order valence-corrected chi connectivity index (χ0v) is 52.2. The average Bonchev–Trinajstić information content (AvgIpc) is 3.44. The van der Waals surface area contributed by atoms with Crippen LogP contribution in [0.1, 0.15) is 361 Å². The highest BCUT2D eigenvalue weighted by Crippen LogP contribution is 2.18. The molecule has 0 rings (SSSR count). The summed E-state index contributed by atoms with van der Waals surface area (Å²) in [5.41, 5.74) is 0. The van der Waals surface area contributed by atoms with Crippen molar-refractivity contribution in [3.05, 3.63) is 60.8 Å². The van der Waals surface area contributed by atoms with Crippen LogP contribution in [-0.2, 0) is 28.6 Å². The van der Waals surface area contributed by atoms with E-state index in [0.29, 0.717) is 19.3 Å². The molecule has 0 radical (unpaired) electrons. The maximum atomic E-state index is 12.9. The van der Waals surface area contributed by atoms with Gasteiger partial charge in [-0.25, -0.2) is 0 Å². The number of rotatable bonds is 63. The summed E-state index contributed by atoms with van der Waals surface area (Å²) in [6.07, 6.45) is 85.3. The Labute approximate surface area is 485 Å². The molecule has 0 aromatic heterocycles. The maximum Gasteiger partial charge on any atom is 0.306 e. The van der Waals surface area contributed by atoms with Gasteiger partial charge in [-0.1, -0.05) is 319 Å². The molecule has 1 atom stereocenters. The van der Waals surface area contributed by atoms with E-state index in [2.05, 4.69) is 81.5 Å². The number of hydrogen-bond acceptors (Lipinski definition) is 6. The van der Waals surface area contributed by atoms with Gasteiger partial charge in [0.05, 0.1) is 0 Å². The van der Waals surface area contributed by atoms with Crippen molar-refractivity contribution in [1.82, 2.24) is 0 Å². The smallest absolute Gasteiger partial charge is 0.306 e. The SMILES string of the molecule is CC/C=C\C/C=C\C/C=C\C/C=C\CCCCCCCCCCC(=O)OC(COC(=O)CCCCCCC/C=C\CCCCCCCC)COC(=O)CCCCCCCCCCCCCCCCCCCCCCCCCC. The van der Waals surface area contributed by atoms with Gasteiger partial charge >= 0.3 is 17.9 Å². The van der Waals surface area contributed by atoms with Gasteiger partial charge in [-0.2, -0.15) is 0 Å². The fraction of sp³-hybridized carbons (Fsp3) is 0.819. The second kappa shape index (κ2) is 66.6. The summed E-state index contributed by atoms with van der Waals surface area (Å²) in [6.45, 7) is 6.57. The van der Waals surface area contributed by atoms with E-state index in [4.69, 9.17) is 14.2 Å². The minimum absolute atomic E-state index is 0.0764. The normalized spacial score (nSPS) is 12.4. The highest BCUT2D eigenvalue weighted by atomic mass is 16.6. The molecule has 0 saturated carbocycles. The summed E-state index contributed by atoms with van der Waals surface area (Å²) in [4.78, 5) is 38.4. The fourth-order valence-corrected chi connectivity index (χ4v) is 10.1. The van der Waals surface area contributed by atoms with Gasteiger partial charge in [0.15, 0.2) is 6.10 Å². The molecular formula is C72H130O6. The Morgan fingerprint density at radius 3 is 0.795 bits per heavy atom. The van der Waals surface area contributed by atoms with Gasteiger partial charge in [0.1, 0.15) is 13.2 Å². The zero-order chi connectivity index (χ0) is 56.4. The molecule has 0 heterocycles. The van der Waals surface area contributed by atoms with Crippen molar-refractivity contribution in [2.24, 2.45) is 0 Å². The molecule has 0 aliphatic heterocycles. The maximum absolute atomic E-state index is 12.9. The lowest BCUT2D eigenvalue weighted by atomic mass is 10.0. The molecule has 6 nitrogen and oxygen atoms in total. The molecule has 0 aliphatic carbocycles. The van der Waals surface area contributed by atoms with Crippen LogP contribution >= 0.6 is 0 Å². The minimum Gasteiger partial charge on any atom is -0.462 e. The van der Waals surface area contributed by atoms with Crippen molar-refractivity contribution < 1.29 is 28.6 Å². The molecule has 0 amide bonds. The molecule has 454 valence electrons. The Balaban J connectivity index is 4.31. The Hall–Kier alpha value is -2.89. The van der Waals surface area contributed by atoms with Gasteiger partial charge in [-0.3, -0.25) is 14.4 Å². The quantitative estimate of drug-likeness (QED) is 0.0261. The average molecular weight is 1090 g/mol. The second-order valence-corrected chi connectivity index (χ2v) is 23.1. The van der Waals surface area contributed by atoms with Crippen molar-refractivity contribution in [3.63, 3.8) is 0 Å². The van der Waals surface area contributed by atoms with E-state index < -0.39 is 6.10 Å². The summed E-state index contributed by atoms with van der Waals surface area (Å²) >= 11 is 0. The first-order valence-electron chi connectivity index (χ1n) is 34.3. The third kappa shape index (κ3) is 63.9. The van der Waals surface area contributed by atoms with E-state index in [1.807, 2.05) is 0 Å². The van der Waals surface area contributed by atoms with E-state index in [9.17, 15) is 14.4 Å². The van der Waals surface area contributed by atoms with Crippen LogP contribution in [0.2, 0.25) is 0 Å². The predicted octanol–water partition coefficient (Wildman–Crippen LogP) is 23.5. The van der Waals surface area contributed by atoms with Gasteiger partial charge in [-0.15, -0.1) is 0 Å². The monoisotopic (exact) mass is 1090 g/mol. The number of ether oxygens (including phenoxy) is 3. The first-order valence-corrected chi connectivity index (χ1v) is 34.3. The summed E-state index contributed by atoms with van der Waals surface area (Å²) in [5, 5.41) is 0. The van der Waals surface area contributed by atoms with Crippen LogP contribution in [0.5, 0.6) is 0 Å². The Bertz CT molecular complexity index is 1390. The molecule has 0 saturated heterocycles. The van der Waals surface area contributed by atoms with Crippen molar-refractivity contribution in [3.8, 4) is 0 Å². The number of unbranched alkanes of at least 4 members (excludes halogenated alkanes) is 42. The molecule has 1 unspecified atom stereocenters. The number of allylic oxidation sites excluding steroid dienone is 10. The first kappa shape index (κ1) is 75.1. The van der Waals surface area contributed by atoms with Gasteiger partial charge in [-0.05, 0) is 83.5 Å². The van der Waals surface area contributed by atoms with Crippen molar-refractivity contribution in [2.45, 2.75) is 367 Å². The molecule has 0 bridgehead atoms. The van der Waals surface area contributed by atoms with E-state index in [1.165, 1.54) is 225 Å². The molecule has 0 aliphatic rings. The van der Waals surface area contributed by atoms with Crippen molar-refractivity contribution in [2.75, 3.05) is 13.2 Å². The summed E-state index contributed by atoms with van der Waals surface area (Å²) in [5.74, 6) is -0.871. The van der Waals surface area contributed by atoms with Crippen molar-refractivity contribution >= 4 is 17.9 Å². The predicted molar refractivity (Wildman–Crippen MR) is 339 cm³/mol. The first-order chi connectivity index (χ1) is 38.5. The Morgan fingerprint density at radius 1 is 0.269 bits per heavy atom. The van der Waals surface area contributed by atoms with E-state index >= 15 is 0 Å². The van der Waals surface area contributed by atoms with Crippen LogP contribution in [0.3, 0.4) is 0 Å². The lowest BCUT2D eigenvalue weighted by molar-refractivity contribution is -0.167. The van der Waals surface area contributed by atoms with Crippen LogP contribution in [0.15, 0.2) is 60.8 Å². The molecule has 78 heavy (non-hydrogen) atoms. The lowest BCUT2D eigenvalue weighted by Crippen LogP contribution is -2.30. The second-order valence-electron chi connectivity index (χ2n) is 23.1. The van der Waals surface area contributed by atoms with Crippen LogP contribution in [0.4, 0.5) is 0 Å². The topological polar surface area (TPSA) is 78.9 Å². The third-order valence-corrected chi connectivity index (χ3v) is 15.3. The highest BCUT2D eigenvalue weighted by Gasteiger charge is 2.19. The molecule has 0 aromatic rings. The highest BCUT2D eigenvalue weighted by molar-refractivity contribution is 5.71. The standard InChI is InChI=1S/C72H130O6/c1-4-7-10-13-16-19-22-25-28-30-32-34-35-36-38-39-41-44-47-50-53-56-59-62-65-71(74)77-68-69(67-76-70(73)64-61-58-55-52-49-46-43-27-24-21-18-15-12-9-6-3)78-72(75)66-63-60-57-54-51-48-45-42-40-37-33-31-29-26-23-20-17-14-11-8-5-2/h8,11,17,20,26-27,29,33,37,43,69H,4-7,9-10,12-16,18-19,21-25,28,30-32,34-36,38-42,44-68H2,1-3H3/b11-8-,20-17-,29-26-,37-33-,43-27-. The Kier molecular flexibility index (Phi) is 64.2. The number of esters is 3. The number of carbonyl (C=O) groups is 3. The van der Waals surface area contributed by atoms with E-state index in [0.717, 1.165) is 96.3 Å². The van der Waals surface area contributed by atoms with Crippen molar-refractivity contribution in [1.29, 1.82) is 0 Å². The van der Waals surface area contributed by atoms with Gasteiger partial charge in [0.25, 0.3) is 0 Å². The minimum atomic E-state index is -0.782. The van der Waals surface area contributed by atoms with E-state index in [1.54, 1.807) is 0 Å². The van der Waals surface area contributed by atoms with Gasteiger partial charge in [0.2, 0.25) is 0 Å². The molecule has 0 spiro atoms. The molecule has 6 heteroatoms. The van der Waals surface area contributed by atoms with Gasteiger partial charge in [0, 0.05) is 19.3 Å². The van der Waals surface area contributed by atoms with Crippen LogP contribution in [-0.4, -0.2) is 37.2 Å². The van der Waals surface area contributed by atoms with Gasteiger partial charge < -0.3 is 14.2 Å². The molecule has 0 aromatic carbocycles. The van der Waals surface area contributed by atoms with Crippen LogP contribution < -0.4 is 0 Å². The van der Waals surface area contributed by atoms with Crippen LogP contribution in [0, 0.1) is 0 Å². The fourth-order valence-electron chi connectivity index (χ4n) is 10.1. The molecular weight excluding hydrogens is 961 g/mol. The molecule has 0 N–H and O–H groups in total. The number of carbonyl (C=O) groups excluding carboxylic acids is 3. The molecule has 0 fully saturated rings.